The number of rotatable bonds is 3. The van der Waals surface area contributed by atoms with E-state index in [9.17, 15) is 8.78 Å². The Hall–Kier alpha value is -3.80. The zero-order chi connectivity index (χ0) is 19.1. The maximum atomic E-state index is 13.6. The van der Waals surface area contributed by atoms with Gasteiger partial charge in [0, 0.05) is 11.1 Å². The third-order valence-electron chi connectivity index (χ3n) is 4.57. The maximum absolute atomic E-state index is 13.6. The minimum absolute atomic E-state index is 0.303. The van der Waals surface area contributed by atoms with Gasteiger partial charge in [-0.1, -0.05) is 23.4 Å². The van der Waals surface area contributed by atoms with Crippen LogP contribution < -0.4 is 0 Å². The number of hydrogen-bond donors (Lipinski definition) is 0. The highest BCUT2D eigenvalue weighted by Crippen LogP contribution is 2.33. The summed E-state index contributed by atoms with van der Waals surface area (Å²) in [6, 6.07) is 19.9. The fourth-order valence-electron chi connectivity index (χ4n) is 3.25. The zero-order valence-electron chi connectivity index (χ0n) is 14.5. The summed E-state index contributed by atoms with van der Waals surface area (Å²) in [5.74, 6) is -0.139. The van der Waals surface area contributed by atoms with Crippen molar-refractivity contribution in [2.24, 2.45) is 0 Å². The molecule has 0 bridgehead atoms. The van der Waals surface area contributed by atoms with Gasteiger partial charge in [-0.3, -0.25) is 0 Å². The molecule has 0 saturated heterocycles. The second kappa shape index (κ2) is 6.42. The second-order valence-corrected chi connectivity index (χ2v) is 6.36. The van der Waals surface area contributed by atoms with Gasteiger partial charge in [0.25, 0.3) is 0 Å². The molecule has 0 aliphatic carbocycles. The molecule has 0 fully saturated rings. The van der Waals surface area contributed by atoms with Crippen LogP contribution in [-0.2, 0) is 0 Å². The molecule has 0 saturated carbocycles. The van der Waals surface area contributed by atoms with Crippen molar-refractivity contribution in [3.63, 3.8) is 0 Å². The SMILES string of the molecule is Fc1ccc(-n2nccc2-c2ccc3noc(-c4cccc(F)c4)c3c2)cc1. The molecule has 2 aromatic heterocycles. The number of hydrogen-bond acceptors (Lipinski definition) is 3. The summed E-state index contributed by atoms with van der Waals surface area (Å²) in [7, 11) is 0. The van der Waals surface area contributed by atoms with E-state index in [0.29, 0.717) is 16.8 Å². The lowest BCUT2D eigenvalue weighted by Gasteiger charge is -2.08. The summed E-state index contributed by atoms with van der Waals surface area (Å²) in [5.41, 5.74) is 3.76. The Morgan fingerprint density at radius 1 is 0.786 bits per heavy atom. The monoisotopic (exact) mass is 373 g/mol. The Labute approximate surface area is 158 Å². The summed E-state index contributed by atoms with van der Waals surface area (Å²) in [6.07, 6.45) is 1.68. The molecule has 136 valence electrons. The van der Waals surface area contributed by atoms with Crippen molar-refractivity contribution in [3.8, 4) is 28.3 Å². The fraction of sp³-hybridized carbons (Fsp3) is 0. The van der Waals surface area contributed by atoms with Gasteiger partial charge in [0.15, 0.2) is 5.76 Å². The molecule has 0 aliphatic rings. The number of fused-ring (bicyclic) bond motifs is 1. The van der Waals surface area contributed by atoms with Crippen molar-refractivity contribution in [2.45, 2.75) is 0 Å². The summed E-state index contributed by atoms with van der Waals surface area (Å²) in [4.78, 5) is 0. The van der Waals surface area contributed by atoms with Crippen LogP contribution in [0.5, 0.6) is 0 Å². The summed E-state index contributed by atoms with van der Waals surface area (Å²) in [6.45, 7) is 0. The van der Waals surface area contributed by atoms with E-state index < -0.39 is 0 Å². The van der Waals surface area contributed by atoms with Crippen molar-refractivity contribution in [2.75, 3.05) is 0 Å². The molecule has 3 aromatic carbocycles. The quantitative estimate of drug-likeness (QED) is 0.412. The average molecular weight is 373 g/mol. The number of halogens is 2. The summed E-state index contributed by atoms with van der Waals surface area (Å²) in [5, 5.41) is 9.21. The second-order valence-electron chi connectivity index (χ2n) is 6.36. The smallest absolute Gasteiger partial charge is 0.174 e. The molecule has 6 heteroatoms. The predicted octanol–water partition coefficient (Wildman–Crippen LogP) is 5.63. The van der Waals surface area contributed by atoms with Gasteiger partial charge in [0.05, 0.1) is 23.0 Å². The van der Waals surface area contributed by atoms with E-state index in [-0.39, 0.29) is 11.6 Å². The lowest BCUT2D eigenvalue weighted by Crippen LogP contribution is -1.98. The first-order chi connectivity index (χ1) is 13.7. The third kappa shape index (κ3) is 2.75. The van der Waals surface area contributed by atoms with E-state index >= 15 is 0 Å². The number of nitrogens with zero attached hydrogens (tertiary/aromatic N) is 3. The van der Waals surface area contributed by atoms with Gasteiger partial charge in [-0.2, -0.15) is 5.10 Å². The number of aromatic nitrogens is 3. The van der Waals surface area contributed by atoms with Crippen molar-refractivity contribution < 1.29 is 13.3 Å². The molecular weight excluding hydrogens is 360 g/mol. The molecule has 0 unspecified atom stereocenters. The van der Waals surface area contributed by atoms with Crippen LogP contribution in [0.2, 0.25) is 0 Å². The molecule has 0 N–H and O–H groups in total. The molecule has 0 aliphatic heterocycles. The molecule has 0 spiro atoms. The minimum atomic E-state index is -0.340. The first kappa shape index (κ1) is 16.4. The van der Waals surface area contributed by atoms with Gasteiger partial charge >= 0.3 is 0 Å². The molecular formula is C22H13F2N3O. The van der Waals surface area contributed by atoms with E-state index in [2.05, 4.69) is 10.3 Å². The van der Waals surface area contributed by atoms with Crippen LogP contribution in [0.4, 0.5) is 8.78 Å². The van der Waals surface area contributed by atoms with Crippen LogP contribution in [-0.4, -0.2) is 14.9 Å². The minimum Gasteiger partial charge on any atom is -0.355 e. The Kier molecular flexibility index (Phi) is 3.76. The van der Waals surface area contributed by atoms with Crippen LogP contribution in [0.1, 0.15) is 0 Å². The maximum Gasteiger partial charge on any atom is 0.174 e. The normalized spacial score (nSPS) is 11.2. The summed E-state index contributed by atoms with van der Waals surface area (Å²) < 4.78 is 34.1. The predicted molar refractivity (Wildman–Crippen MR) is 102 cm³/mol. The Morgan fingerprint density at radius 2 is 1.64 bits per heavy atom. The van der Waals surface area contributed by atoms with Crippen LogP contribution in [0, 0.1) is 11.6 Å². The third-order valence-corrected chi connectivity index (χ3v) is 4.57. The van der Waals surface area contributed by atoms with Crippen LogP contribution in [0.15, 0.2) is 83.5 Å². The molecule has 0 amide bonds. The van der Waals surface area contributed by atoms with E-state index in [1.807, 2.05) is 24.3 Å². The lowest BCUT2D eigenvalue weighted by molar-refractivity contribution is 0.440. The van der Waals surface area contributed by atoms with Gasteiger partial charge < -0.3 is 4.52 Å². The van der Waals surface area contributed by atoms with Crippen LogP contribution >= 0.6 is 0 Å². The molecule has 4 nitrogen and oxygen atoms in total. The standard InChI is InChI=1S/C22H13F2N3O/c23-16-5-7-18(8-6-16)27-21(10-11-25-27)14-4-9-20-19(13-14)22(28-26-20)15-2-1-3-17(24)12-15/h1-13H. The van der Waals surface area contributed by atoms with E-state index in [4.69, 9.17) is 4.52 Å². The topological polar surface area (TPSA) is 43.9 Å². The van der Waals surface area contributed by atoms with Gasteiger partial charge in [-0.05, 0) is 54.6 Å². The fourth-order valence-corrected chi connectivity index (χ4v) is 3.25. The highest BCUT2D eigenvalue weighted by molar-refractivity contribution is 5.94. The Balaban J connectivity index is 1.65. The van der Waals surface area contributed by atoms with E-state index in [1.54, 1.807) is 35.1 Å². The Morgan fingerprint density at radius 3 is 2.46 bits per heavy atom. The highest BCUT2D eigenvalue weighted by Gasteiger charge is 2.14. The van der Waals surface area contributed by atoms with Crippen molar-refractivity contribution >= 4 is 10.9 Å². The van der Waals surface area contributed by atoms with Gasteiger partial charge in [-0.25, -0.2) is 13.5 Å². The first-order valence-electron chi connectivity index (χ1n) is 8.65. The molecule has 5 aromatic rings. The van der Waals surface area contributed by atoms with E-state index in [1.165, 1.54) is 24.3 Å². The molecule has 0 radical (unpaired) electrons. The number of benzene rings is 3. The summed E-state index contributed by atoms with van der Waals surface area (Å²) >= 11 is 0. The average Bonchev–Trinajstić information content (AvgIpc) is 3.35. The van der Waals surface area contributed by atoms with Crippen molar-refractivity contribution in [1.82, 2.24) is 14.9 Å². The molecule has 28 heavy (non-hydrogen) atoms. The highest BCUT2D eigenvalue weighted by atomic mass is 19.1. The molecule has 5 rings (SSSR count). The molecule has 0 atom stereocenters. The largest absolute Gasteiger partial charge is 0.355 e. The van der Waals surface area contributed by atoms with Crippen LogP contribution in [0.3, 0.4) is 0 Å². The van der Waals surface area contributed by atoms with Crippen molar-refractivity contribution in [3.05, 3.63) is 90.6 Å². The Bertz CT molecular complexity index is 1290. The van der Waals surface area contributed by atoms with Gasteiger partial charge in [0.1, 0.15) is 17.2 Å². The van der Waals surface area contributed by atoms with Crippen LogP contribution in [0.25, 0.3) is 39.2 Å². The lowest BCUT2D eigenvalue weighted by atomic mass is 10.0. The van der Waals surface area contributed by atoms with E-state index in [0.717, 1.165) is 22.3 Å². The zero-order valence-corrected chi connectivity index (χ0v) is 14.5. The van der Waals surface area contributed by atoms with Crippen molar-refractivity contribution in [1.29, 1.82) is 0 Å². The van der Waals surface area contributed by atoms with Gasteiger partial charge in [0.2, 0.25) is 0 Å². The first-order valence-corrected chi connectivity index (χ1v) is 8.65. The van der Waals surface area contributed by atoms with Gasteiger partial charge in [-0.15, -0.1) is 0 Å². The molecule has 2 heterocycles.